The van der Waals surface area contributed by atoms with Crippen molar-refractivity contribution in [1.29, 1.82) is 0 Å². The van der Waals surface area contributed by atoms with E-state index < -0.39 is 0 Å². The van der Waals surface area contributed by atoms with Crippen LogP contribution in [0.5, 0.6) is 0 Å². The molecule has 7 aromatic carbocycles. The van der Waals surface area contributed by atoms with Gasteiger partial charge in [-0.25, -0.2) is 0 Å². The molecule has 0 atom stereocenters. The van der Waals surface area contributed by atoms with Crippen molar-refractivity contribution in [3.63, 3.8) is 0 Å². The fourth-order valence-electron chi connectivity index (χ4n) is 7.96. The smallest absolute Gasteiger partial charge is 0.161 e. The van der Waals surface area contributed by atoms with Crippen LogP contribution in [0.2, 0.25) is 0 Å². The normalized spacial score (nSPS) is 11.6. The molecule has 0 N–H and O–H groups in total. The van der Waals surface area contributed by atoms with E-state index in [-0.39, 0.29) is 0 Å². The standard InChI is InChI=1S/C50H31N3O2/c1-2-10-32(11-3-1)36-28-35-12-4-5-13-39(35)45(29-36)53(37-22-18-33(19-23-37)43-30-51-31-44-41-15-7-9-17-47(41)54-49(43)44)38-24-20-34(21-25-38)48-50-42(26-27-52-48)40-14-6-8-16-46(40)55-50/h1-31H. The number of benzene rings is 7. The average molecular weight is 706 g/mol. The van der Waals surface area contributed by atoms with Gasteiger partial charge in [0.05, 0.1) is 5.69 Å². The third-order valence-electron chi connectivity index (χ3n) is 10.6. The second-order valence-corrected chi connectivity index (χ2v) is 13.8. The van der Waals surface area contributed by atoms with Gasteiger partial charge in [-0.1, -0.05) is 115 Å². The first kappa shape index (κ1) is 31.1. The first-order chi connectivity index (χ1) is 27.3. The zero-order chi connectivity index (χ0) is 36.3. The van der Waals surface area contributed by atoms with Crippen LogP contribution in [0.25, 0.3) is 88.2 Å². The average Bonchev–Trinajstić information content (AvgIpc) is 3.83. The summed E-state index contributed by atoms with van der Waals surface area (Å²) in [6.45, 7) is 0. The number of anilines is 3. The lowest BCUT2D eigenvalue weighted by atomic mass is 9.98. The van der Waals surface area contributed by atoms with Crippen molar-refractivity contribution in [2.75, 3.05) is 4.90 Å². The summed E-state index contributed by atoms with van der Waals surface area (Å²) >= 11 is 0. The largest absolute Gasteiger partial charge is 0.455 e. The predicted molar refractivity (Wildman–Crippen MR) is 225 cm³/mol. The number of hydrogen-bond acceptors (Lipinski definition) is 5. The Morgan fingerprint density at radius 1 is 0.418 bits per heavy atom. The van der Waals surface area contributed by atoms with Crippen molar-refractivity contribution in [3.05, 3.63) is 188 Å². The van der Waals surface area contributed by atoms with E-state index in [9.17, 15) is 0 Å². The van der Waals surface area contributed by atoms with Crippen LogP contribution in [-0.2, 0) is 0 Å². The highest BCUT2D eigenvalue weighted by Crippen LogP contribution is 2.44. The molecule has 0 amide bonds. The van der Waals surface area contributed by atoms with Gasteiger partial charge in [-0.15, -0.1) is 0 Å². The third kappa shape index (κ3) is 5.17. The Morgan fingerprint density at radius 2 is 1.04 bits per heavy atom. The van der Waals surface area contributed by atoms with Crippen LogP contribution in [0.1, 0.15) is 0 Å². The van der Waals surface area contributed by atoms with E-state index in [0.717, 1.165) is 99.8 Å². The molecule has 0 aliphatic carbocycles. The van der Waals surface area contributed by atoms with Gasteiger partial charge in [-0.3, -0.25) is 9.97 Å². The number of para-hydroxylation sites is 2. The highest BCUT2D eigenvalue weighted by molar-refractivity contribution is 6.10. The Balaban J connectivity index is 1.07. The van der Waals surface area contributed by atoms with Crippen LogP contribution in [0.3, 0.4) is 0 Å². The minimum Gasteiger partial charge on any atom is -0.455 e. The van der Waals surface area contributed by atoms with Gasteiger partial charge in [0.15, 0.2) is 5.58 Å². The molecule has 4 heterocycles. The molecule has 0 radical (unpaired) electrons. The number of rotatable bonds is 6. The van der Waals surface area contributed by atoms with Gasteiger partial charge in [0.1, 0.15) is 22.4 Å². The Morgan fingerprint density at radius 3 is 1.78 bits per heavy atom. The number of pyridine rings is 2. The van der Waals surface area contributed by atoms with Crippen LogP contribution in [0.4, 0.5) is 17.1 Å². The molecule has 5 nitrogen and oxygen atoms in total. The van der Waals surface area contributed by atoms with Gasteiger partial charge in [0.25, 0.3) is 0 Å². The van der Waals surface area contributed by atoms with Gasteiger partial charge < -0.3 is 13.7 Å². The quantitative estimate of drug-likeness (QED) is 0.172. The molecule has 4 aromatic heterocycles. The first-order valence-corrected chi connectivity index (χ1v) is 18.4. The highest BCUT2D eigenvalue weighted by atomic mass is 16.3. The molecule has 55 heavy (non-hydrogen) atoms. The van der Waals surface area contributed by atoms with Crippen LogP contribution >= 0.6 is 0 Å². The molecule has 5 heteroatoms. The summed E-state index contributed by atoms with van der Waals surface area (Å²) in [4.78, 5) is 11.8. The van der Waals surface area contributed by atoms with Gasteiger partial charge in [0, 0.05) is 68.0 Å². The van der Waals surface area contributed by atoms with Gasteiger partial charge in [0.2, 0.25) is 0 Å². The van der Waals surface area contributed by atoms with Crippen LogP contribution in [-0.4, -0.2) is 9.97 Å². The van der Waals surface area contributed by atoms with E-state index >= 15 is 0 Å². The van der Waals surface area contributed by atoms with Crippen molar-refractivity contribution < 1.29 is 8.83 Å². The minimum absolute atomic E-state index is 0.791. The lowest BCUT2D eigenvalue weighted by Crippen LogP contribution is -2.10. The van der Waals surface area contributed by atoms with Crippen molar-refractivity contribution >= 4 is 71.7 Å². The summed E-state index contributed by atoms with van der Waals surface area (Å²) in [5.74, 6) is 0. The first-order valence-electron chi connectivity index (χ1n) is 18.4. The number of fused-ring (bicyclic) bond motifs is 7. The molecule has 11 aromatic rings. The topological polar surface area (TPSA) is 55.3 Å². The molecule has 0 spiro atoms. The number of hydrogen-bond donors (Lipinski definition) is 0. The van der Waals surface area contributed by atoms with E-state index in [1.54, 1.807) is 0 Å². The highest BCUT2D eigenvalue weighted by Gasteiger charge is 2.20. The molecule has 0 saturated carbocycles. The lowest BCUT2D eigenvalue weighted by molar-refractivity contribution is 0.668. The number of furan rings is 2. The maximum atomic E-state index is 6.39. The Kier molecular flexibility index (Phi) is 7.10. The summed E-state index contributed by atoms with van der Waals surface area (Å²) in [6, 6.07) is 59.4. The lowest BCUT2D eigenvalue weighted by Gasteiger charge is -2.28. The molecule has 11 rings (SSSR count). The third-order valence-corrected chi connectivity index (χ3v) is 10.6. The minimum atomic E-state index is 0.791. The van der Waals surface area contributed by atoms with Gasteiger partial charge in [-0.05, 0) is 76.7 Å². The Hall–Kier alpha value is -7.50. The molecule has 0 aliphatic rings. The van der Waals surface area contributed by atoms with Crippen LogP contribution < -0.4 is 4.90 Å². The Bertz CT molecular complexity index is 3040. The second kappa shape index (κ2) is 12.6. The van der Waals surface area contributed by atoms with Crippen LogP contribution in [0.15, 0.2) is 197 Å². The maximum absolute atomic E-state index is 6.39. The zero-order valence-electron chi connectivity index (χ0n) is 29.6. The van der Waals surface area contributed by atoms with Gasteiger partial charge in [-0.2, -0.15) is 0 Å². The maximum Gasteiger partial charge on any atom is 0.161 e. The molecular weight excluding hydrogens is 675 g/mol. The summed E-state index contributed by atoms with van der Waals surface area (Å²) < 4.78 is 12.8. The molecule has 0 unspecified atom stereocenters. The van der Waals surface area contributed by atoms with E-state index in [0.29, 0.717) is 0 Å². The van der Waals surface area contributed by atoms with E-state index in [2.05, 4.69) is 137 Å². The molecular formula is C50H31N3O2. The summed E-state index contributed by atoms with van der Waals surface area (Å²) in [7, 11) is 0. The molecule has 258 valence electrons. The molecule has 0 bridgehead atoms. The molecule has 0 saturated heterocycles. The summed E-state index contributed by atoms with van der Waals surface area (Å²) in [5.41, 5.74) is 12.6. The monoisotopic (exact) mass is 705 g/mol. The van der Waals surface area contributed by atoms with E-state index in [1.165, 1.54) is 5.39 Å². The second-order valence-electron chi connectivity index (χ2n) is 13.8. The summed E-state index contributed by atoms with van der Waals surface area (Å²) in [6.07, 6.45) is 5.65. The van der Waals surface area contributed by atoms with E-state index in [4.69, 9.17) is 13.8 Å². The molecule has 0 aliphatic heterocycles. The summed E-state index contributed by atoms with van der Waals surface area (Å²) in [5, 5.41) is 6.54. The fraction of sp³-hybridized carbons (Fsp3) is 0. The predicted octanol–water partition coefficient (Wildman–Crippen LogP) is 13.9. The van der Waals surface area contributed by atoms with Crippen molar-refractivity contribution in [2.24, 2.45) is 0 Å². The zero-order valence-corrected chi connectivity index (χ0v) is 29.6. The Labute approximate surface area is 316 Å². The van der Waals surface area contributed by atoms with E-state index in [1.807, 2.05) is 61.1 Å². The number of nitrogens with zero attached hydrogens (tertiary/aromatic N) is 3. The van der Waals surface area contributed by atoms with Crippen molar-refractivity contribution in [1.82, 2.24) is 9.97 Å². The van der Waals surface area contributed by atoms with Crippen molar-refractivity contribution in [3.8, 4) is 33.5 Å². The fourth-order valence-corrected chi connectivity index (χ4v) is 7.96. The van der Waals surface area contributed by atoms with Crippen LogP contribution in [0, 0.1) is 0 Å². The SMILES string of the molecule is c1ccc(-c2cc(N(c3ccc(-c4cncc5c4oc4ccccc45)cc3)c3ccc(-c4nccc5c4oc4ccccc45)cc3)c3ccccc3c2)cc1. The van der Waals surface area contributed by atoms with Gasteiger partial charge >= 0.3 is 0 Å². The number of aromatic nitrogens is 2. The molecule has 0 fully saturated rings. The van der Waals surface area contributed by atoms with Crippen molar-refractivity contribution in [2.45, 2.75) is 0 Å².